The molecule has 0 atom stereocenters. The number of benzene rings is 2. The molecule has 15 heteroatoms. The zero-order chi connectivity index (χ0) is 35.0. The largest absolute Gasteiger partial charge is 0.464 e. The minimum absolute atomic E-state index is 0.00169. The Labute approximate surface area is 277 Å². The summed E-state index contributed by atoms with van der Waals surface area (Å²) in [4.78, 5) is 44.7. The Morgan fingerprint density at radius 3 is 2.00 bits per heavy atom. The highest BCUT2D eigenvalue weighted by Crippen LogP contribution is 2.39. The van der Waals surface area contributed by atoms with E-state index < -0.39 is 25.0 Å². The van der Waals surface area contributed by atoms with Gasteiger partial charge in [0.1, 0.15) is 17.4 Å². The predicted octanol–water partition coefficient (Wildman–Crippen LogP) is 5.04. The summed E-state index contributed by atoms with van der Waals surface area (Å²) in [5, 5.41) is 0.395. The topological polar surface area (TPSA) is 163 Å². The molecule has 0 fully saturated rings. The monoisotopic (exact) mass is 687 g/mol. The zero-order valence-corrected chi connectivity index (χ0v) is 29.4. The van der Waals surface area contributed by atoms with Gasteiger partial charge in [-0.05, 0) is 24.6 Å². The van der Waals surface area contributed by atoms with Crippen LogP contribution in [0.4, 0.5) is 0 Å². The number of carbonyl (C=O) groups is 1. The maximum atomic E-state index is 14.4. The van der Waals surface area contributed by atoms with Crippen molar-refractivity contribution in [2.45, 2.75) is 32.6 Å². The second-order valence-electron chi connectivity index (χ2n) is 11.9. The molecule has 0 spiro atoms. The van der Waals surface area contributed by atoms with Crippen LogP contribution in [0.15, 0.2) is 38.5 Å². The van der Waals surface area contributed by atoms with Crippen LogP contribution in [0.1, 0.15) is 15.9 Å². The third-order valence-electron chi connectivity index (χ3n) is 7.20. The van der Waals surface area contributed by atoms with Gasteiger partial charge < -0.3 is 52.0 Å². The maximum absolute atomic E-state index is 14.4. The summed E-state index contributed by atoms with van der Waals surface area (Å²) in [7, 11) is 4.21. The lowest BCUT2D eigenvalue weighted by Gasteiger charge is -2.19. The first-order valence-electron chi connectivity index (χ1n) is 14.9. The van der Waals surface area contributed by atoms with Crippen LogP contribution < -0.4 is 29.9 Å². The molecule has 0 unspecified atom stereocenters. The number of aryl methyl sites for hydroxylation is 1. The standard InChI is InChI=1S/C33H41NO13Si/c1-19-20-11-23(44-15-38-2)24(45-16-39-3)12-22(20)34-32(36)27(19)21-14-43-25-13-26(46-17-40-4)31(47-18-41-5)29(28(25)30(21)35)33(37)42-9-10-48(6,7)8/h11-14H,9-10,15-18H2,1-8H3,(H,34,36). The lowest BCUT2D eigenvalue weighted by Crippen LogP contribution is -2.24. The molecule has 2 aromatic heterocycles. The number of methoxy groups -OCH3 is 4. The molecule has 0 saturated heterocycles. The Bertz CT molecular complexity index is 1880. The van der Waals surface area contributed by atoms with Crippen molar-refractivity contribution in [1.82, 2.24) is 4.98 Å². The van der Waals surface area contributed by atoms with Gasteiger partial charge in [-0.25, -0.2) is 4.79 Å². The first kappa shape index (κ1) is 36.4. The molecule has 0 saturated carbocycles. The molecule has 0 aliphatic heterocycles. The van der Waals surface area contributed by atoms with Gasteiger partial charge in [0.25, 0.3) is 5.56 Å². The molecule has 0 radical (unpaired) electrons. The highest BCUT2D eigenvalue weighted by molar-refractivity contribution is 6.76. The van der Waals surface area contributed by atoms with Crippen molar-refractivity contribution in [3.8, 4) is 34.1 Å². The van der Waals surface area contributed by atoms with E-state index in [-0.39, 0.29) is 72.9 Å². The molecular formula is C33H41NO13Si. The summed E-state index contributed by atoms with van der Waals surface area (Å²) in [6.45, 7) is 7.65. The van der Waals surface area contributed by atoms with E-state index in [2.05, 4.69) is 24.6 Å². The number of pyridine rings is 1. The van der Waals surface area contributed by atoms with Crippen LogP contribution in [0.2, 0.25) is 25.7 Å². The highest BCUT2D eigenvalue weighted by atomic mass is 28.3. The van der Waals surface area contributed by atoms with E-state index in [1.165, 1.54) is 40.8 Å². The van der Waals surface area contributed by atoms with Crippen LogP contribution in [0.5, 0.6) is 23.0 Å². The van der Waals surface area contributed by atoms with Gasteiger partial charge in [0.05, 0.1) is 28.6 Å². The number of hydrogen-bond donors (Lipinski definition) is 1. The number of fused-ring (bicyclic) bond motifs is 2. The minimum atomic E-state index is -1.58. The van der Waals surface area contributed by atoms with E-state index in [1.54, 1.807) is 19.1 Å². The molecule has 4 rings (SSSR count). The minimum Gasteiger partial charge on any atom is -0.464 e. The van der Waals surface area contributed by atoms with Gasteiger partial charge in [-0.2, -0.15) is 0 Å². The molecule has 4 aromatic rings. The van der Waals surface area contributed by atoms with Gasteiger partial charge in [-0.1, -0.05) is 19.6 Å². The molecule has 0 amide bonds. The first-order valence-corrected chi connectivity index (χ1v) is 18.6. The molecule has 2 heterocycles. The first-order chi connectivity index (χ1) is 22.9. The van der Waals surface area contributed by atoms with Crippen molar-refractivity contribution < 1.29 is 51.8 Å². The Morgan fingerprint density at radius 1 is 0.812 bits per heavy atom. The normalized spacial score (nSPS) is 11.6. The molecule has 48 heavy (non-hydrogen) atoms. The lowest BCUT2D eigenvalue weighted by molar-refractivity contribution is 0.0299. The number of nitrogens with one attached hydrogen (secondary N) is 1. The lowest BCUT2D eigenvalue weighted by atomic mass is 9.97. The fraction of sp³-hybridized carbons (Fsp3) is 0.424. The number of hydrogen-bond acceptors (Lipinski definition) is 13. The second kappa shape index (κ2) is 16.1. The van der Waals surface area contributed by atoms with E-state index in [0.717, 1.165) is 0 Å². The van der Waals surface area contributed by atoms with E-state index in [4.69, 9.17) is 47.0 Å². The number of esters is 1. The maximum Gasteiger partial charge on any atom is 0.342 e. The number of aromatic amines is 1. The van der Waals surface area contributed by atoms with Crippen molar-refractivity contribution in [2.75, 3.05) is 62.2 Å². The van der Waals surface area contributed by atoms with E-state index >= 15 is 0 Å². The molecule has 2 aromatic carbocycles. The Balaban J connectivity index is 1.99. The number of carbonyl (C=O) groups excluding carboxylic acids is 1. The van der Waals surface area contributed by atoms with Gasteiger partial charge in [0.2, 0.25) is 5.43 Å². The van der Waals surface area contributed by atoms with E-state index in [9.17, 15) is 14.4 Å². The number of rotatable bonds is 17. The molecule has 0 aliphatic carbocycles. The summed E-state index contributed by atoms with van der Waals surface area (Å²) in [6, 6.07) is 5.34. The van der Waals surface area contributed by atoms with E-state index in [0.29, 0.717) is 34.0 Å². The second-order valence-corrected chi connectivity index (χ2v) is 17.5. The molecule has 260 valence electrons. The van der Waals surface area contributed by atoms with Crippen LogP contribution in [-0.4, -0.2) is 81.2 Å². The van der Waals surface area contributed by atoms with Gasteiger partial charge in [-0.3, -0.25) is 9.59 Å². The zero-order valence-electron chi connectivity index (χ0n) is 28.4. The van der Waals surface area contributed by atoms with Crippen molar-refractivity contribution in [3.05, 3.63) is 56.2 Å². The summed E-state index contributed by atoms with van der Waals surface area (Å²) < 4.78 is 54.7. The molecule has 0 bridgehead atoms. The van der Waals surface area contributed by atoms with Crippen molar-refractivity contribution in [1.29, 1.82) is 0 Å². The Hall–Kier alpha value is -4.41. The SMILES string of the molecule is COCOc1cc2[nH]c(=O)c(-c3coc4cc(OCOC)c(OCOC)c(C(=O)OCC[Si](C)(C)C)c4c3=O)c(C)c2cc1OCOC. The smallest absolute Gasteiger partial charge is 0.342 e. The molecule has 1 N–H and O–H groups in total. The molecule has 14 nitrogen and oxygen atoms in total. The van der Waals surface area contributed by atoms with Gasteiger partial charge in [0, 0.05) is 54.0 Å². The number of aromatic nitrogens is 1. The van der Waals surface area contributed by atoms with Crippen LogP contribution in [-0.2, 0) is 23.7 Å². The fourth-order valence-corrected chi connectivity index (χ4v) is 5.60. The van der Waals surface area contributed by atoms with Crippen molar-refractivity contribution >= 4 is 35.9 Å². The van der Waals surface area contributed by atoms with Crippen molar-refractivity contribution in [2.24, 2.45) is 0 Å². The third-order valence-corrected chi connectivity index (χ3v) is 8.90. The summed E-state index contributed by atoms with van der Waals surface area (Å²) in [5.41, 5.74) is -0.683. The van der Waals surface area contributed by atoms with E-state index in [1.807, 2.05) is 0 Å². The van der Waals surface area contributed by atoms with Gasteiger partial charge in [-0.15, -0.1) is 0 Å². The van der Waals surface area contributed by atoms with Crippen LogP contribution in [0.25, 0.3) is 33.0 Å². The fourth-order valence-electron chi connectivity index (χ4n) is 4.88. The average molecular weight is 688 g/mol. The number of ether oxygens (including phenoxy) is 9. The van der Waals surface area contributed by atoms with Crippen LogP contribution >= 0.6 is 0 Å². The van der Waals surface area contributed by atoms with Crippen LogP contribution in [0.3, 0.4) is 0 Å². The highest BCUT2D eigenvalue weighted by Gasteiger charge is 2.29. The van der Waals surface area contributed by atoms with Gasteiger partial charge >= 0.3 is 5.97 Å². The Kier molecular flexibility index (Phi) is 12.2. The quantitative estimate of drug-likeness (QED) is 0.0894. The Morgan fingerprint density at radius 2 is 1.40 bits per heavy atom. The van der Waals surface area contributed by atoms with Gasteiger partial charge in [0.15, 0.2) is 50.2 Å². The van der Waals surface area contributed by atoms with Crippen LogP contribution in [0, 0.1) is 6.92 Å². The predicted molar refractivity (Wildman–Crippen MR) is 179 cm³/mol. The molecular weight excluding hydrogens is 646 g/mol. The summed E-state index contributed by atoms with van der Waals surface area (Å²) in [5.74, 6) is -0.244. The third kappa shape index (κ3) is 8.17. The number of H-pyrrole nitrogens is 1. The summed E-state index contributed by atoms with van der Waals surface area (Å²) >= 11 is 0. The average Bonchev–Trinajstić information content (AvgIpc) is 3.04. The summed E-state index contributed by atoms with van der Waals surface area (Å²) in [6.07, 6.45) is 1.17. The van der Waals surface area contributed by atoms with Crippen molar-refractivity contribution in [3.63, 3.8) is 0 Å². The molecule has 0 aliphatic rings.